The lowest BCUT2D eigenvalue weighted by Crippen LogP contribution is -2.26. The van der Waals surface area contributed by atoms with Crippen LogP contribution in [0.25, 0.3) is 0 Å². The van der Waals surface area contributed by atoms with Crippen LogP contribution >= 0.6 is 11.8 Å². The normalized spacial score (nSPS) is 17.3. The zero-order chi connectivity index (χ0) is 13.1. The van der Waals surface area contributed by atoms with Crippen molar-refractivity contribution in [2.24, 2.45) is 0 Å². The molecule has 1 aromatic rings. The maximum absolute atomic E-state index is 11.5. The number of anilines is 1. The van der Waals surface area contributed by atoms with Crippen molar-refractivity contribution >= 4 is 29.3 Å². The summed E-state index contributed by atoms with van der Waals surface area (Å²) < 4.78 is 0. The van der Waals surface area contributed by atoms with Crippen molar-refractivity contribution in [1.29, 1.82) is 5.26 Å². The van der Waals surface area contributed by atoms with E-state index in [1.807, 2.05) is 25.1 Å². The van der Waals surface area contributed by atoms with Crippen molar-refractivity contribution in [2.75, 3.05) is 5.32 Å². The van der Waals surface area contributed by atoms with Crippen LogP contribution in [0, 0.1) is 11.3 Å². The zero-order valence-corrected chi connectivity index (χ0v) is 10.5. The van der Waals surface area contributed by atoms with Crippen LogP contribution in [0.3, 0.4) is 0 Å². The molecule has 0 fully saturated rings. The molecule has 2 N–H and O–H groups in total. The molecule has 0 aromatic heterocycles. The number of benzene rings is 1. The Labute approximate surface area is 109 Å². The van der Waals surface area contributed by atoms with E-state index in [0.717, 1.165) is 16.1 Å². The molecule has 92 valence electrons. The number of thioether (sulfide) groups is 1. The molecular weight excluding hydrogens is 250 g/mol. The number of nitriles is 1. The molecule has 6 heteroatoms. The zero-order valence-electron chi connectivity index (χ0n) is 9.69. The highest BCUT2D eigenvalue weighted by Crippen LogP contribution is 2.35. The van der Waals surface area contributed by atoms with Crippen molar-refractivity contribution in [3.05, 3.63) is 23.8 Å². The Morgan fingerprint density at radius 2 is 2.39 bits per heavy atom. The lowest BCUT2D eigenvalue weighted by atomic mass is 10.2. The second kappa shape index (κ2) is 5.10. The fraction of sp³-hybridized carbons (Fsp3) is 0.250. The molecule has 5 nitrogen and oxygen atoms in total. The second-order valence-electron chi connectivity index (χ2n) is 3.87. The Balaban J connectivity index is 2.13. The van der Waals surface area contributed by atoms with Crippen LogP contribution < -0.4 is 10.6 Å². The topological polar surface area (TPSA) is 82.0 Å². The van der Waals surface area contributed by atoms with Crippen molar-refractivity contribution in [3.63, 3.8) is 0 Å². The molecule has 2 amide bonds. The van der Waals surface area contributed by atoms with E-state index in [1.54, 1.807) is 0 Å². The molecule has 1 aromatic carbocycles. The van der Waals surface area contributed by atoms with Gasteiger partial charge in [-0.15, -0.1) is 11.8 Å². The van der Waals surface area contributed by atoms with Gasteiger partial charge >= 0.3 is 5.91 Å². The highest BCUT2D eigenvalue weighted by atomic mass is 32.2. The molecule has 1 aliphatic rings. The standard InChI is InChI=1S/C12H11N3O2S/c1-7-12(17)15-9-4-8(2-3-10(9)18-7)6-14-11(16)5-13/h2-4,7H,6H2,1H3,(H,14,16)(H,15,17). The van der Waals surface area contributed by atoms with Gasteiger partial charge in [-0.1, -0.05) is 6.07 Å². The van der Waals surface area contributed by atoms with Gasteiger partial charge in [0.2, 0.25) is 5.91 Å². The third kappa shape index (κ3) is 2.63. The van der Waals surface area contributed by atoms with E-state index < -0.39 is 5.91 Å². The van der Waals surface area contributed by atoms with Crippen LogP contribution in [0.1, 0.15) is 12.5 Å². The Bertz CT molecular complexity index is 551. The summed E-state index contributed by atoms with van der Waals surface area (Å²) in [5, 5.41) is 13.5. The van der Waals surface area contributed by atoms with Gasteiger partial charge in [0.15, 0.2) is 6.07 Å². The van der Waals surface area contributed by atoms with Crippen molar-refractivity contribution < 1.29 is 9.59 Å². The average Bonchev–Trinajstić information content (AvgIpc) is 2.37. The van der Waals surface area contributed by atoms with Gasteiger partial charge in [0, 0.05) is 11.4 Å². The molecule has 1 atom stereocenters. The van der Waals surface area contributed by atoms with Crippen LogP contribution in [0.5, 0.6) is 0 Å². The summed E-state index contributed by atoms with van der Waals surface area (Å²) in [6, 6.07) is 7.07. The van der Waals surface area contributed by atoms with E-state index in [1.165, 1.54) is 17.8 Å². The van der Waals surface area contributed by atoms with Gasteiger partial charge in [-0.25, -0.2) is 0 Å². The van der Waals surface area contributed by atoms with Gasteiger partial charge in [-0.05, 0) is 24.6 Å². The van der Waals surface area contributed by atoms with E-state index >= 15 is 0 Å². The fourth-order valence-electron chi connectivity index (χ4n) is 1.59. The molecule has 1 unspecified atom stereocenters. The van der Waals surface area contributed by atoms with Crippen LogP contribution in [-0.4, -0.2) is 17.1 Å². The molecule has 0 spiro atoms. The summed E-state index contributed by atoms with van der Waals surface area (Å²) >= 11 is 1.51. The molecular formula is C12H11N3O2S. The molecule has 0 saturated heterocycles. The predicted molar refractivity (Wildman–Crippen MR) is 67.9 cm³/mol. The number of hydrogen-bond donors (Lipinski definition) is 2. The smallest absolute Gasteiger partial charge is 0.322 e. The summed E-state index contributed by atoms with van der Waals surface area (Å²) in [6.07, 6.45) is 0. The van der Waals surface area contributed by atoms with Crippen LogP contribution in [-0.2, 0) is 16.1 Å². The van der Waals surface area contributed by atoms with Gasteiger partial charge < -0.3 is 10.6 Å². The molecule has 0 radical (unpaired) electrons. The van der Waals surface area contributed by atoms with Crippen molar-refractivity contribution in [3.8, 4) is 6.07 Å². The maximum Gasteiger partial charge on any atom is 0.322 e. The fourth-order valence-corrected chi connectivity index (χ4v) is 2.52. The SMILES string of the molecule is CC1Sc2ccc(CNC(=O)C#N)cc2NC1=O. The minimum atomic E-state index is -0.667. The maximum atomic E-state index is 11.5. The quantitative estimate of drug-likeness (QED) is 0.785. The molecule has 0 aliphatic carbocycles. The number of carbonyl (C=O) groups excluding carboxylic acids is 2. The predicted octanol–water partition coefficient (Wildman–Crippen LogP) is 1.26. The molecule has 0 saturated carbocycles. The van der Waals surface area contributed by atoms with Gasteiger partial charge in [0.1, 0.15) is 0 Å². The Morgan fingerprint density at radius 3 is 3.11 bits per heavy atom. The Hall–Kier alpha value is -2.00. The Kier molecular flexibility index (Phi) is 3.53. The van der Waals surface area contributed by atoms with Gasteiger partial charge in [-0.2, -0.15) is 5.26 Å². The molecule has 1 aliphatic heterocycles. The third-order valence-corrected chi connectivity index (χ3v) is 3.71. The molecule has 1 heterocycles. The average molecular weight is 261 g/mol. The van der Waals surface area contributed by atoms with E-state index in [2.05, 4.69) is 10.6 Å². The van der Waals surface area contributed by atoms with Crippen LogP contribution in [0.4, 0.5) is 5.69 Å². The number of rotatable bonds is 2. The monoisotopic (exact) mass is 261 g/mol. The molecule has 0 bridgehead atoms. The minimum absolute atomic E-state index is 0.0225. The van der Waals surface area contributed by atoms with Gasteiger partial charge in [0.05, 0.1) is 10.9 Å². The highest BCUT2D eigenvalue weighted by molar-refractivity contribution is 8.00. The summed E-state index contributed by atoms with van der Waals surface area (Å²) in [5.74, 6) is -0.689. The number of hydrogen-bond acceptors (Lipinski definition) is 4. The first-order valence-electron chi connectivity index (χ1n) is 5.38. The Morgan fingerprint density at radius 1 is 1.61 bits per heavy atom. The van der Waals surface area contributed by atoms with Crippen molar-refractivity contribution in [2.45, 2.75) is 23.6 Å². The summed E-state index contributed by atoms with van der Waals surface area (Å²) in [5.41, 5.74) is 1.60. The second-order valence-corrected chi connectivity index (χ2v) is 5.26. The first-order chi connectivity index (χ1) is 8.60. The summed E-state index contributed by atoms with van der Waals surface area (Å²) in [7, 11) is 0. The van der Waals surface area contributed by atoms with Gasteiger partial charge in [-0.3, -0.25) is 9.59 Å². The lowest BCUT2D eigenvalue weighted by molar-refractivity contribution is -0.116. The van der Waals surface area contributed by atoms with Crippen LogP contribution in [0.2, 0.25) is 0 Å². The summed E-state index contributed by atoms with van der Waals surface area (Å²) in [6.45, 7) is 2.12. The highest BCUT2D eigenvalue weighted by Gasteiger charge is 2.22. The van der Waals surface area contributed by atoms with E-state index in [0.29, 0.717) is 0 Å². The van der Waals surface area contributed by atoms with E-state index in [4.69, 9.17) is 5.26 Å². The third-order valence-electron chi connectivity index (χ3n) is 2.53. The number of nitrogens with one attached hydrogen (secondary N) is 2. The molecule has 18 heavy (non-hydrogen) atoms. The largest absolute Gasteiger partial charge is 0.339 e. The van der Waals surface area contributed by atoms with E-state index in [-0.39, 0.29) is 17.7 Å². The molecule has 2 rings (SSSR count). The number of amides is 2. The van der Waals surface area contributed by atoms with Gasteiger partial charge in [0.25, 0.3) is 0 Å². The summed E-state index contributed by atoms with van der Waals surface area (Å²) in [4.78, 5) is 23.4. The number of nitrogens with zero attached hydrogens (tertiary/aromatic N) is 1. The van der Waals surface area contributed by atoms with Crippen LogP contribution in [0.15, 0.2) is 23.1 Å². The first-order valence-corrected chi connectivity index (χ1v) is 6.26. The number of carbonyl (C=O) groups is 2. The number of fused-ring (bicyclic) bond motifs is 1. The minimum Gasteiger partial charge on any atom is -0.339 e. The lowest BCUT2D eigenvalue weighted by Gasteiger charge is -2.21. The van der Waals surface area contributed by atoms with Crippen molar-refractivity contribution in [1.82, 2.24) is 5.32 Å². The van der Waals surface area contributed by atoms with E-state index in [9.17, 15) is 9.59 Å². The first kappa shape index (κ1) is 12.5.